The first kappa shape index (κ1) is 27.0. The standard InChI is InChI=1S/C17H21N5O10S/c18-33(31,32)10-3-1-9(2-4-10)16(28)21-7-13(24)19-6-12(23)20-8-14(25)22-11(17(29)30)5-15(26)27/h1-4,11H,5-8H2,(H,19,24)(H,20,23)(H,21,28)(H,22,25)(H,26,27)(H,29,30)(H2,18,31,32)/t11-/m0/s1. The van der Waals surface area contributed by atoms with E-state index in [1.165, 1.54) is 12.1 Å². The zero-order valence-corrected chi connectivity index (χ0v) is 17.7. The summed E-state index contributed by atoms with van der Waals surface area (Å²) < 4.78 is 22.4. The van der Waals surface area contributed by atoms with Crippen LogP contribution in [0.5, 0.6) is 0 Å². The van der Waals surface area contributed by atoms with E-state index in [2.05, 4.69) is 16.0 Å². The van der Waals surface area contributed by atoms with Gasteiger partial charge >= 0.3 is 11.9 Å². The van der Waals surface area contributed by atoms with Crippen molar-refractivity contribution in [2.24, 2.45) is 5.14 Å². The van der Waals surface area contributed by atoms with E-state index in [0.717, 1.165) is 12.1 Å². The summed E-state index contributed by atoms with van der Waals surface area (Å²) in [5.41, 5.74) is 0.0570. The van der Waals surface area contributed by atoms with E-state index >= 15 is 0 Å². The number of rotatable bonds is 12. The van der Waals surface area contributed by atoms with E-state index in [1.54, 1.807) is 0 Å². The largest absolute Gasteiger partial charge is 0.481 e. The molecule has 0 bridgehead atoms. The Hall–Kier alpha value is -4.05. The van der Waals surface area contributed by atoms with Gasteiger partial charge < -0.3 is 31.5 Å². The number of aliphatic carboxylic acids is 2. The van der Waals surface area contributed by atoms with E-state index < -0.39 is 77.7 Å². The Morgan fingerprint density at radius 3 is 1.76 bits per heavy atom. The summed E-state index contributed by atoms with van der Waals surface area (Å²) in [6, 6.07) is 2.94. The molecule has 0 spiro atoms. The molecular weight excluding hydrogens is 466 g/mol. The maximum atomic E-state index is 12.0. The van der Waals surface area contributed by atoms with Gasteiger partial charge in [0.25, 0.3) is 5.91 Å². The number of carboxylic acids is 2. The van der Waals surface area contributed by atoms with Gasteiger partial charge in [0.15, 0.2) is 0 Å². The molecule has 33 heavy (non-hydrogen) atoms. The van der Waals surface area contributed by atoms with Gasteiger partial charge in [0, 0.05) is 5.56 Å². The summed E-state index contributed by atoms with van der Waals surface area (Å²) in [4.78, 5) is 68.2. The number of amides is 4. The molecule has 1 rings (SSSR count). The molecule has 1 aromatic carbocycles. The topological polar surface area (TPSA) is 251 Å². The fourth-order valence-electron chi connectivity index (χ4n) is 2.16. The van der Waals surface area contributed by atoms with Crippen molar-refractivity contribution in [2.75, 3.05) is 19.6 Å². The maximum absolute atomic E-state index is 12.0. The lowest BCUT2D eigenvalue weighted by atomic mass is 10.2. The molecule has 1 atom stereocenters. The number of sulfonamides is 1. The normalized spacial score (nSPS) is 11.5. The molecule has 0 aliphatic carbocycles. The van der Waals surface area contributed by atoms with E-state index in [9.17, 15) is 37.2 Å². The summed E-state index contributed by atoms with van der Waals surface area (Å²) in [5.74, 6) is -6.22. The van der Waals surface area contributed by atoms with E-state index in [1.807, 2.05) is 5.32 Å². The number of nitrogens with two attached hydrogens (primary N) is 1. The minimum atomic E-state index is -3.92. The quantitative estimate of drug-likeness (QED) is 0.152. The Kier molecular flexibility index (Phi) is 9.90. The lowest BCUT2D eigenvalue weighted by Crippen LogP contribution is -2.48. The van der Waals surface area contributed by atoms with Gasteiger partial charge in [-0.3, -0.25) is 24.0 Å². The first-order valence-electron chi connectivity index (χ1n) is 8.98. The SMILES string of the molecule is NS(=O)(=O)c1ccc(C(=O)NCC(=O)NCC(=O)NCC(=O)N[C@@H](CC(=O)O)C(=O)O)cc1. The van der Waals surface area contributed by atoms with Crippen LogP contribution in [0.2, 0.25) is 0 Å². The summed E-state index contributed by atoms with van der Waals surface area (Å²) in [6.45, 7) is -1.75. The van der Waals surface area contributed by atoms with Crippen molar-refractivity contribution in [1.29, 1.82) is 0 Å². The van der Waals surface area contributed by atoms with Crippen molar-refractivity contribution in [2.45, 2.75) is 17.4 Å². The van der Waals surface area contributed by atoms with Gasteiger partial charge in [0.2, 0.25) is 27.7 Å². The third kappa shape index (κ3) is 10.2. The smallest absolute Gasteiger partial charge is 0.326 e. The Labute approximate surface area is 186 Å². The number of carboxylic acid groups (broad SMARTS) is 2. The second-order valence-corrected chi connectivity index (χ2v) is 7.92. The lowest BCUT2D eigenvalue weighted by molar-refractivity contribution is -0.147. The highest BCUT2D eigenvalue weighted by atomic mass is 32.2. The van der Waals surface area contributed by atoms with Crippen LogP contribution in [0.4, 0.5) is 0 Å². The summed E-state index contributed by atoms with van der Waals surface area (Å²) in [7, 11) is -3.92. The van der Waals surface area contributed by atoms with Crippen molar-refractivity contribution in [3.63, 3.8) is 0 Å². The molecule has 15 nitrogen and oxygen atoms in total. The molecular formula is C17H21N5O10S. The third-order valence-corrected chi connectivity index (χ3v) is 4.69. The van der Waals surface area contributed by atoms with Crippen LogP contribution < -0.4 is 26.4 Å². The molecule has 0 heterocycles. The predicted molar refractivity (Wildman–Crippen MR) is 108 cm³/mol. The number of hydrogen-bond donors (Lipinski definition) is 7. The van der Waals surface area contributed by atoms with E-state index in [-0.39, 0.29) is 10.5 Å². The molecule has 180 valence electrons. The van der Waals surface area contributed by atoms with Crippen LogP contribution in [-0.4, -0.2) is 79.9 Å². The lowest BCUT2D eigenvalue weighted by Gasteiger charge is -2.13. The molecule has 1 aromatic rings. The molecule has 0 aliphatic rings. The van der Waals surface area contributed by atoms with Gasteiger partial charge in [-0.1, -0.05) is 0 Å². The van der Waals surface area contributed by atoms with Gasteiger partial charge in [-0.05, 0) is 24.3 Å². The summed E-state index contributed by atoms with van der Waals surface area (Å²) in [6.07, 6.45) is -0.854. The van der Waals surface area contributed by atoms with Gasteiger partial charge in [-0.15, -0.1) is 0 Å². The number of benzene rings is 1. The van der Waals surface area contributed by atoms with Crippen molar-refractivity contribution < 1.29 is 47.4 Å². The summed E-state index contributed by atoms with van der Waals surface area (Å²) >= 11 is 0. The molecule has 0 radical (unpaired) electrons. The highest BCUT2D eigenvalue weighted by Gasteiger charge is 2.23. The number of primary sulfonamides is 1. The zero-order valence-electron chi connectivity index (χ0n) is 16.9. The van der Waals surface area contributed by atoms with Crippen LogP contribution >= 0.6 is 0 Å². The molecule has 0 unspecified atom stereocenters. The van der Waals surface area contributed by atoms with Gasteiger partial charge in [-0.25, -0.2) is 18.4 Å². The van der Waals surface area contributed by atoms with E-state index in [4.69, 9.17) is 15.4 Å². The fraction of sp³-hybridized carbons (Fsp3) is 0.294. The Balaban J connectivity index is 2.37. The monoisotopic (exact) mass is 487 g/mol. The molecule has 16 heteroatoms. The van der Waals surface area contributed by atoms with Crippen LogP contribution in [0.1, 0.15) is 16.8 Å². The van der Waals surface area contributed by atoms with Crippen molar-refractivity contribution in [1.82, 2.24) is 21.3 Å². The maximum Gasteiger partial charge on any atom is 0.326 e. The van der Waals surface area contributed by atoms with Crippen LogP contribution in [0, 0.1) is 0 Å². The average molecular weight is 487 g/mol. The minimum absolute atomic E-state index is 0.0570. The number of hydrogen-bond acceptors (Lipinski definition) is 8. The Morgan fingerprint density at radius 1 is 0.818 bits per heavy atom. The molecule has 0 saturated heterocycles. The highest BCUT2D eigenvalue weighted by Crippen LogP contribution is 2.08. The number of nitrogens with one attached hydrogen (secondary N) is 4. The third-order valence-electron chi connectivity index (χ3n) is 3.76. The van der Waals surface area contributed by atoms with Crippen molar-refractivity contribution in [3.05, 3.63) is 29.8 Å². The predicted octanol–water partition coefficient (Wildman–Crippen LogP) is -3.66. The molecule has 8 N–H and O–H groups in total. The van der Waals surface area contributed by atoms with Gasteiger partial charge in [0.1, 0.15) is 6.04 Å². The van der Waals surface area contributed by atoms with Crippen LogP contribution in [0.3, 0.4) is 0 Å². The first-order chi connectivity index (χ1) is 15.3. The molecule has 0 aliphatic heterocycles. The second kappa shape index (κ2) is 12.1. The average Bonchev–Trinajstić information content (AvgIpc) is 2.73. The molecule has 0 aromatic heterocycles. The van der Waals surface area contributed by atoms with Gasteiger partial charge in [-0.2, -0.15) is 0 Å². The van der Waals surface area contributed by atoms with Crippen LogP contribution in [0.25, 0.3) is 0 Å². The second-order valence-electron chi connectivity index (χ2n) is 6.36. The van der Waals surface area contributed by atoms with E-state index in [0.29, 0.717) is 0 Å². The highest BCUT2D eigenvalue weighted by molar-refractivity contribution is 7.89. The van der Waals surface area contributed by atoms with Crippen LogP contribution in [0.15, 0.2) is 29.2 Å². The molecule has 0 saturated carbocycles. The zero-order chi connectivity index (χ0) is 25.2. The van der Waals surface area contributed by atoms with Gasteiger partial charge in [0.05, 0.1) is 31.0 Å². The van der Waals surface area contributed by atoms with Crippen molar-refractivity contribution >= 4 is 45.6 Å². The Bertz CT molecular complexity index is 1040. The first-order valence-corrected chi connectivity index (χ1v) is 10.5. The summed E-state index contributed by atoms with van der Waals surface area (Å²) in [5, 5.41) is 30.8. The number of carbonyl (C=O) groups excluding carboxylic acids is 4. The molecule has 0 fully saturated rings. The molecule has 4 amide bonds. The van der Waals surface area contributed by atoms with Crippen molar-refractivity contribution in [3.8, 4) is 0 Å². The minimum Gasteiger partial charge on any atom is -0.481 e. The number of carbonyl (C=O) groups is 6. The fourth-order valence-corrected chi connectivity index (χ4v) is 2.68. The van der Waals surface area contributed by atoms with Crippen LogP contribution in [-0.2, 0) is 34.0 Å². The Morgan fingerprint density at radius 2 is 1.30 bits per heavy atom.